The molecule has 0 atom stereocenters. The van der Waals surface area contributed by atoms with Crippen molar-refractivity contribution in [3.8, 4) is 0 Å². The first-order valence-corrected chi connectivity index (χ1v) is 6.81. The van der Waals surface area contributed by atoms with Crippen molar-refractivity contribution in [2.24, 2.45) is 10.9 Å². The van der Waals surface area contributed by atoms with Gasteiger partial charge >= 0.3 is 0 Å². The molecule has 0 saturated carbocycles. The average molecular weight is 265 g/mol. The molecule has 19 heavy (non-hydrogen) atoms. The largest absolute Gasteiger partial charge is 0.356 e. The van der Waals surface area contributed by atoms with E-state index in [-0.39, 0.29) is 5.82 Å². The summed E-state index contributed by atoms with van der Waals surface area (Å²) in [5.74, 6) is 1.30. The van der Waals surface area contributed by atoms with Gasteiger partial charge in [-0.25, -0.2) is 4.39 Å². The maximum atomic E-state index is 13.4. The lowest BCUT2D eigenvalue weighted by molar-refractivity contribution is 0.573. The van der Waals surface area contributed by atoms with Gasteiger partial charge in [0, 0.05) is 20.1 Å². The molecular weight excluding hydrogens is 241 g/mol. The molecule has 1 aromatic rings. The van der Waals surface area contributed by atoms with E-state index in [1.54, 1.807) is 13.1 Å². The van der Waals surface area contributed by atoms with Gasteiger partial charge in [0.2, 0.25) is 0 Å². The second kappa shape index (κ2) is 8.51. The Labute approximate surface area is 115 Å². The van der Waals surface area contributed by atoms with Crippen molar-refractivity contribution in [3.63, 3.8) is 0 Å². The van der Waals surface area contributed by atoms with Crippen LogP contribution in [0.2, 0.25) is 0 Å². The highest BCUT2D eigenvalue weighted by molar-refractivity contribution is 5.79. The van der Waals surface area contributed by atoms with Crippen LogP contribution in [0.25, 0.3) is 0 Å². The molecule has 0 unspecified atom stereocenters. The second-order valence-electron chi connectivity index (χ2n) is 4.95. The maximum Gasteiger partial charge on any atom is 0.190 e. The Hall–Kier alpha value is -1.58. The van der Waals surface area contributed by atoms with E-state index in [2.05, 4.69) is 29.5 Å². The lowest BCUT2D eigenvalue weighted by atomic mass is 10.1. The molecule has 1 aromatic carbocycles. The number of guanidine groups is 1. The zero-order chi connectivity index (χ0) is 14.1. The van der Waals surface area contributed by atoms with Crippen molar-refractivity contribution >= 4 is 5.96 Å². The molecule has 0 aliphatic carbocycles. The summed E-state index contributed by atoms with van der Waals surface area (Å²) < 4.78 is 13.4. The van der Waals surface area contributed by atoms with E-state index in [0.717, 1.165) is 24.5 Å². The molecule has 0 spiro atoms. The van der Waals surface area contributed by atoms with Crippen LogP contribution in [-0.4, -0.2) is 26.1 Å². The third-order valence-corrected chi connectivity index (χ3v) is 2.88. The van der Waals surface area contributed by atoms with Crippen molar-refractivity contribution in [3.05, 3.63) is 35.6 Å². The Morgan fingerprint density at radius 2 is 1.89 bits per heavy atom. The number of nitrogens with one attached hydrogen (secondary N) is 2. The molecule has 106 valence electrons. The standard InChI is InChI=1S/C15H24FN3/c1-12(2)8-10-18-15(17-3)19-11-9-13-6-4-5-7-14(13)16/h4-7,12H,8-11H2,1-3H3,(H2,17,18,19). The van der Waals surface area contributed by atoms with Crippen molar-refractivity contribution in [2.45, 2.75) is 26.7 Å². The Kier molecular flexibility index (Phi) is 6.93. The number of hydrogen-bond acceptors (Lipinski definition) is 1. The lowest BCUT2D eigenvalue weighted by Gasteiger charge is -2.13. The van der Waals surface area contributed by atoms with Crippen LogP contribution in [0, 0.1) is 11.7 Å². The number of hydrogen-bond donors (Lipinski definition) is 2. The van der Waals surface area contributed by atoms with Crippen LogP contribution in [0.4, 0.5) is 4.39 Å². The fraction of sp³-hybridized carbons (Fsp3) is 0.533. The van der Waals surface area contributed by atoms with E-state index in [0.29, 0.717) is 18.9 Å². The molecule has 0 saturated heterocycles. The second-order valence-corrected chi connectivity index (χ2v) is 4.95. The van der Waals surface area contributed by atoms with Gasteiger partial charge in [0.25, 0.3) is 0 Å². The van der Waals surface area contributed by atoms with Crippen LogP contribution >= 0.6 is 0 Å². The van der Waals surface area contributed by atoms with E-state index in [4.69, 9.17) is 0 Å². The third-order valence-electron chi connectivity index (χ3n) is 2.88. The summed E-state index contributed by atoms with van der Waals surface area (Å²) in [6.07, 6.45) is 1.76. The molecule has 2 N–H and O–H groups in total. The number of benzene rings is 1. The molecule has 0 amide bonds. The van der Waals surface area contributed by atoms with Gasteiger partial charge in [0.05, 0.1) is 0 Å². The highest BCUT2D eigenvalue weighted by Gasteiger charge is 2.02. The fourth-order valence-electron chi connectivity index (χ4n) is 1.72. The minimum absolute atomic E-state index is 0.146. The van der Waals surface area contributed by atoms with Gasteiger partial charge < -0.3 is 10.6 Å². The molecule has 0 bridgehead atoms. The Morgan fingerprint density at radius 1 is 1.21 bits per heavy atom. The van der Waals surface area contributed by atoms with Gasteiger partial charge in [-0.05, 0) is 30.4 Å². The van der Waals surface area contributed by atoms with Gasteiger partial charge in [0.1, 0.15) is 5.82 Å². The highest BCUT2D eigenvalue weighted by Crippen LogP contribution is 2.06. The third kappa shape index (κ3) is 6.22. The average Bonchev–Trinajstić information content (AvgIpc) is 2.38. The van der Waals surface area contributed by atoms with Gasteiger partial charge in [-0.3, -0.25) is 4.99 Å². The van der Waals surface area contributed by atoms with Gasteiger partial charge in [0.15, 0.2) is 5.96 Å². The maximum absolute atomic E-state index is 13.4. The van der Waals surface area contributed by atoms with Crippen LogP contribution in [-0.2, 0) is 6.42 Å². The topological polar surface area (TPSA) is 36.4 Å². The molecular formula is C15H24FN3. The predicted octanol–water partition coefficient (Wildman–Crippen LogP) is 2.58. The Morgan fingerprint density at radius 3 is 2.53 bits per heavy atom. The molecule has 0 heterocycles. The lowest BCUT2D eigenvalue weighted by Crippen LogP contribution is -2.39. The van der Waals surface area contributed by atoms with Gasteiger partial charge in [-0.2, -0.15) is 0 Å². The quantitative estimate of drug-likeness (QED) is 0.612. The van der Waals surface area contributed by atoms with E-state index in [1.807, 2.05) is 12.1 Å². The summed E-state index contributed by atoms with van der Waals surface area (Å²) >= 11 is 0. The van der Waals surface area contributed by atoms with Crippen LogP contribution in [0.1, 0.15) is 25.8 Å². The van der Waals surface area contributed by atoms with Gasteiger partial charge in [-0.1, -0.05) is 32.0 Å². The van der Waals surface area contributed by atoms with Crippen LogP contribution in [0.3, 0.4) is 0 Å². The van der Waals surface area contributed by atoms with Crippen molar-refractivity contribution in [1.29, 1.82) is 0 Å². The fourth-order valence-corrected chi connectivity index (χ4v) is 1.72. The molecule has 4 heteroatoms. The van der Waals surface area contributed by atoms with Crippen molar-refractivity contribution < 1.29 is 4.39 Å². The molecule has 0 aliphatic rings. The summed E-state index contributed by atoms with van der Waals surface area (Å²) in [6.45, 7) is 5.95. The number of nitrogens with zero attached hydrogens (tertiary/aromatic N) is 1. The number of halogens is 1. The Balaban J connectivity index is 2.29. The molecule has 0 radical (unpaired) electrons. The number of rotatable bonds is 6. The zero-order valence-electron chi connectivity index (χ0n) is 12.0. The van der Waals surface area contributed by atoms with Crippen molar-refractivity contribution in [2.75, 3.05) is 20.1 Å². The predicted molar refractivity (Wildman–Crippen MR) is 78.9 cm³/mol. The monoisotopic (exact) mass is 265 g/mol. The summed E-state index contributed by atoms with van der Waals surface area (Å²) in [6, 6.07) is 6.86. The summed E-state index contributed by atoms with van der Waals surface area (Å²) in [5.41, 5.74) is 0.729. The summed E-state index contributed by atoms with van der Waals surface area (Å²) in [5, 5.41) is 6.44. The molecule has 1 rings (SSSR count). The molecule has 0 aliphatic heterocycles. The smallest absolute Gasteiger partial charge is 0.190 e. The molecule has 0 aromatic heterocycles. The van der Waals surface area contributed by atoms with Crippen LogP contribution < -0.4 is 10.6 Å². The first-order valence-electron chi connectivity index (χ1n) is 6.81. The van der Waals surface area contributed by atoms with E-state index in [9.17, 15) is 4.39 Å². The van der Waals surface area contributed by atoms with Crippen LogP contribution in [0.5, 0.6) is 0 Å². The first-order chi connectivity index (χ1) is 9.13. The first kappa shape index (κ1) is 15.5. The van der Waals surface area contributed by atoms with E-state index < -0.39 is 0 Å². The van der Waals surface area contributed by atoms with E-state index >= 15 is 0 Å². The van der Waals surface area contributed by atoms with Gasteiger partial charge in [-0.15, -0.1) is 0 Å². The van der Waals surface area contributed by atoms with Crippen LogP contribution in [0.15, 0.2) is 29.3 Å². The summed E-state index contributed by atoms with van der Waals surface area (Å²) in [7, 11) is 1.74. The highest BCUT2D eigenvalue weighted by atomic mass is 19.1. The normalized spacial score (nSPS) is 11.7. The zero-order valence-corrected chi connectivity index (χ0v) is 12.0. The summed E-state index contributed by atoms with van der Waals surface area (Å²) in [4.78, 5) is 4.14. The number of aliphatic imine (C=N–C) groups is 1. The molecule has 0 fully saturated rings. The molecule has 3 nitrogen and oxygen atoms in total. The Bertz CT molecular complexity index is 402. The van der Waals surface area contributed by atoms with E-state index in [1.165, 1.54) is 6.07 Å². The SMILES string of the molecule is CN=C(NCCc1ccccc1F)NCCC(C)C. The van der Waals surface area contributed by atoms with Crippen molar-refractivity contribution in [1.82, 2.24) is 10.6 Å². The minimum atomic E-state index is -0.146. The minimum Gasteiger partial charge on any atom is -0.356 e.